The molecule has 0 spiro atoms. The number of ketones is 1. The van der Waals surface area contributed by atoms with E-state index in [-0.39, 0.29) is 23.0 Å². The molecular weight excluding hydrogens is 290 g/mol. The van der Waals surface area contributed by atoms with E-state index < -0.39 is 5.82 Å². The van der Waals surface area contributed by atoms with Crippen LogP contribution < -0.4 is 4.74 Å². The molecule has 0 saturated heterocycles. The maximum Gasteiger partial charge on any atom is 0.200 e. The Labute approximate surface area is 119 Å². The van der Waals surface area contributed by atoms with Crippen molar-refractivity contribution in [2.75, 3.05) is 6.61 Å². The molecule has 0 heterocycles. The number of benzene rings is 2. The van der Waals surface area contributed by atoms with Crippen LogP contribution in [0.15, 0.2) is 42.5 Å². The van der Waals surface area contributed by atoms with Gasteiger partial charge in [0.1, 0.15) is 16.6 Å². The summed E-state index contributed by atoms with van der Waals surface area (Å²) in [6.07, 6.45) is 0. The van der Waals surface area contributed by atoms with Crippen LogP contribution in [0.4, 0.5) is 4.39 Å². The largest absolute Gasteiger partial charge is 0.484 e. The summed E-state index contributed by atoms with van der Waals surface area (Å²) in [6.45, 7) is -0.233. The number of rotatable bonds is 4. The lowest BCUT2D eigenvalue weighted by atomic mass is 10.1. The molecule has 0 radical (unpaired) electrons. The molecule has 0 fully saturated rings. The predicted octanol–water partition coefficient (Wildman–Crippen LogP) is 4.39. The smallest absolute Gasteiger partial charge is 0.200 e. The minimum atomic E-state index is -0.466. The van der Waals surface area contributed by atoms with E-state index in [9.17, 15) is 9.18 Å². The van der Waals surface area contributed by atoms with Gasteiger partial charge in [-0.25, -0.2) is 4.39 Å². The number of Topliss-reactive ketones (excluding diaryl/α,β-unsaturated/α-hetero) is 1. The number of halogens is 3. The fraction of sp³-hybridized carbons (Fsp3) is 0.0714. The maximum atomic E-state index is 13.0. The van der Waals surface area contributed by atoms with Crippen molar-refractivity contribution >= 4 is 29.0 Å². The number of ether oxygens (including phenoxy) is 1. The molecule has 0 saturated carbocycles. The summed E-state index contributed by atoms with van der Waals surface area (Å²) in [6, 6.07) is 10.3. The lowest BCUT2D eigenvalue weighted by Crippen LogP contribution is -2.12. The first-order chi connectivity index (χ1) is 9.08. The van der Waals surface area contributed by atoms with E-state index in [2.05, 4.69) is 0 Å². The average molecular weight is 299 g/mol. The second-order valence-electron chi connectivity index (χ2n) is 3.77. The van der Waals surface area contributed by atoms with E-state index in [1.807, 2.05) is 0 Å². The van der Waals surface area contributed by atoms with Crippen molar-refractivity contribution in [3.8, 4) is 5.75 Å². The highest BCUT2D eigenvalue weighted by Gasteiger charge is 2.10. The average Bonchev–Trinajstić information content (AvgIpc) is 2.40. The van der Waals surface area contributed by atoms with Crippen molar-refractivity contribution in [2.45, 2.75) is 0 Å². The zero-order valence-corrected chi connectivity index (χ0v) is 11.2. The third-order valence-electron chi connectivity index (χ3n) is 2.42. The van der Waals surface area contributed by atoms with Crippen LogP contribution in [0.2, 0.25) is 10.0 Å². The van der Waals surface area contributed by atoms with E-state index in [0.717, 1.165) is 6.07 Å². The van der Waals surface area contributed by atoms with Gasteiger partial charge < -0.3 is 4.74 Å². The minimum absolute atomic E-state index is 0.233. The first kappa shape index (κ1) is 13.8. The number of carbonyl (C=O) groups is 1. The summed E-state index contributed by atoms with van der Waals surface area (Å²) >= 11 is 11.7. The summed E-state index contributed by atoms with van der Waals surface area (Å²) in [7, 11) is 0. The standard InChI is InChI=1S/C14H9Cl2FO2/c15-11-5-2-6-13(14(11)16)19-8-12(18)9-3-1-4-10(17)7-9/h1-7H,8H2. The van der Waals surface area contributed by atoms with Crippen molar-refractivity contribution in [3.05, 3.63) is 63.9 Å². The third kappa shape index (κ3) is 3.46. The van der Waals surface area contributed by atoms with Crippen LogP contribution in [0.5, 0.6) is 5.75 Å². The van der Waals surface area contributed by atoms with Crippen LogP contribution in [-0.2, 0) is 0 Å². The van der Waals surface area contributed by atoms with Crippen LogP contribution >= 0.6 is 23.2 Å². The molecule has 0 aliphatic carbocycles. The molecule has 0 bridgehead atoms. The highest BCUT2D eigenvalue weighted by Crippen LogP contribution is 2.31. The van der Waals surface area contributed by atoms with Crippen molar-refractivity contribution in [2.24, 2.45) is 0 Å². The molecule has 0 atom stereocenters. The van der Waals surface area contributed by atoms with Gasteiger partial charge in [-0.05, 0) is 24.3 Å². The zero-order valence-electron chi connectivity index (χ0n) is 9.70. The molecule has 0 unspecified atom stereocenters. The van der Waals surface area contributed by atoms with Gasteiger partial charge in [0.05, 0.1) is 5.02 Å². The maximum absolute atomic E-state index is 13.0. The third-order valence-corrected chi connectivity index (χ3v) is 3.22. The molecule has 0 amide bonds. The number of hydrogen-bond donors (Lipinski definition) is 0. The Kier molecular flexibility index (Phi) is 4.40. The van der Waals surface area contributed by atoms with Gasteiger partial charge in [0.25, 0.3) is 0 Å². The highest BCUT2D eigenvalue weighted by atomic mass is 35.5. The second-order valence-corrected chi connectivity index (χ2v) is 4.56. The Hall–Kier alpha value is -1.58. The van der Waals surface area contributed by atoms with Crippen molar-refractivity contribution < 1.29 is 13.9 Å². The molecule has 2 nitrogen and oxygen atoms in total. The predicted molar refractivity (Wildman–Crippen MR) is 72.7 cm³/mol. The van der Waals surface area contributed by atoms with Crippen LogP contribution in [-0.4, -0.2) is 12.4 Å². The van der Waals surface area contributed by atoms with Crippen molar-refractivity contribution in [1.29, 1.82) is 0 Å². The van der Waals surface area contributed by atoms with Gasteiger partial charge in [0.2, 0.25) is 0 Å². The summed E-state index contributed by atoms with van der Waals surface area (Å²) in [4.78, 5) is 11.8. The molecule has 0 N–H and O–H groups in total. The van der Waals surface area contributed by atoms with Crippen molar-refractivity contribution in [1.82, 2.24) is 0 Å². The fourth-order valence-electron chi connectivity index (χ4n) is 1.48. The van der Waals surface area contributed by atoms with E-state index in [1.54, 1.807) is 18.2 Å². The molecule has 2 rings (SSSR count). The van der Waals surface area contributed by atoms with Gasteiger partial charge in [0, 0.05) is 5.56 Å². The molecule has 2 aromatic rings. The molecule has 19 heavy (non-hydrogen) atoms. The summed E-state index contributed by atoms with van der Waals surface area (Å²) in [5.41, 5.74) is 0.248. The Morgan fingerprint density at radius 2 is 1.89 bits per heavy atom. The SMILES string of the molecule is O=C(COc1cccc(Cl)c1Cl)c1cccc(F)c1. The van der Waals surface area contributed by atoms with Crippen LogP contribution in [0.25, 0.3) is 0 Å². The molecular formula is C14H9Cl2FO2. The number of hydrogen-bond acceptors (Lipinski definition) is 2. The molecule has 0 aromatic heterocycles. The molecule has 0 aliphatic rings. The lowest BCUT2D eigenvalue weighted by molar-refractivity contribution is 0.0921. The van der Waals surface area contributed by atoms with Gasteiger partial charge >= 0.3 is 0 Å². The molecule has 5 heteroatoms. The minimum Gasteiger partial charge on any atom is -0.484 e. The molecule has 2 aromatic carbocycles. The normalized spacial score (nSPS) is 10.3. The summed E-state index contributed by atoms with van der Waals surface area (Å²) in [5.74, 6) is -0.485. The first-order valence-corrected chi connectivity index (χ1v) is 6.19. The van der Waals surface area contributed by atoms with Crippen LogP contribution in [0, 0.1) is 5.82 Å². The zero-order chi connectivity index (χ0) is 13.8. The topological polar surface area (TPSA) is 26.3 Å². The van der Waals surface area contributed by atoms with Crippen LogP contribution in [0.1, 0.15) is 10.4 Å². The quantitative estimate of drug-likeness (QED) is 0.782. The summed E-state index contributed by atoms with van der Waals surface area (Å²) in [5, 5.41) is 0.591. The van der Waals surface area contributed by atoms with Gasteiger partial charge in [0.15, 0.2) is 12.4 Å². The van der Waals surface area contributed by atoms with E-state index in [4.69, 9.17) is 27.9 Å². The van der Waals surface area contributed by atoms with E-state index in [1.165, 1.54) is 18.2 Å². The Morgan fingerprint density at radius 1 is 1.16 bits per heavy atom. The number of carbonyl (C=O) groups excluding carboxylic acids is 1. The second kappa shape index (κ2) is 6.04. The van der Waals surface area contributed by atoms with E-state index >= 15 is 0 Å². The Balaban J connectivity index is 2.07. The Morgan fingerprint density at radius 3 is 2.63 bits per heavy atom. The van der Waals surface area contributed by atoms with Gasteiger partial charge in [-0.1, -0.05) is 41.4 Å². The van der Waals surface area contributed by atoms with E-state index in [0.29, 0.717) is 10.8 Å². The van der Waals surface area contributed by atoms with Gasteiger partial charge in [-0.2, -0.15) is 0 Å². The molecule has 98 valence electrons. The fourth-order valence-corrected chi connectivity index (χ4v) is 1.83. The Bertz CT molecular complexity index is 614. The van der Waals surface area contributed by atoms with Crippen LogP contribution in [0.3, 0.4) is 0 Å². The lowest BCUT2D eigenvalue weighted by Gasteiger charge is -2.08. The van der Waals surface area contributed by atoms with Gasteiger partial charge in [-0.15, -0.1) is 0 Å². The highest BCUT2D eigenvalue weighted by molar-refractivity contribution is 6.42. The molecule has 0 aliphatic heterocycles. The summed E-state index contributed by atoms with van der Waals surface area (Å²) < 4.78 is 18.3. The van der Waals surface area contributed by atoms with Crippen molar-refractivity contribution in [3.63, 3.8) is 0 Å². The first-order valence-electron chi connectivity index (χ1n) is 5.43. The van der Waals surface area contributed by atoms with Gasteiger partial charge in [-0.3, -0.25) is 4.79 Å². The monoisotopic (exact) mass is 298 g/mol.